The number of hydrogen-bond donors (Lipinski definition) is 3. The number of nitrogens with zero attached hydrogens (tertiary/aromatic N) is 1. The van der Waals surface area contributed by atoms with Crippen LogP contribution in [0.4, 0.5) is 0 Å². The van der Waals surface area contributed by atoms with Gasteiger partial charge >= 0.3 is 0 Å². The quantitative estimate of drug-likeness (QED) is 0.649. The third kappa shape index (κ3) is 3.21. The molecule has 1 aliphatic rings. The number of aliphatic hydroxyl groups is 1. The molecule has 6 heteroatoms. The highest BCUT2D eigenvalue weighted by atomic mass is 16.5. The molecule has 6 nitrogen and oxygen atoms in total. The lowest BCUT2D eigenvalue weighted by Crippen LogP contribution is -2.61. The SMILES string of the molecule is COc1cc(C(=O)N[C@]2(c3ccccc3)CCNC[C@H]2O)nc2ccccc12. The van der Waals surface area contributed by atoms with Crippen LogP contribution in [0.2, 0.25) is 0 Å². The summed E-state index contributed by atoms with van der Waals surface area (Å²) in [6.07, 6.45) is -0.177. The summed E-state index contributed by atoms with van der Waals surface area (Å²) in [5, 5.41) is 17.9. The minimum Gasteiger partial charge on any atom is -0.496 e. The summed E-state index contributed by atoms with van der Waals surface area (Å²) in [4.78, 5) is 17.7. The Labute approximate surface area is 163 Å². The highest BCUT2D eigenvalue weighted by Crippen LogP contribution is 2.32. The lowest BCUT2D eigenvalue weighted by molar-refractivity contribution is 0.0288. The minimum atomic E-state index is -0.871. The van der Waals surface area contributed by atoms with Gasteiger partial charge in [0.15, 0.2) is 0 Å². The lowest BCUT2D eigenvalue weighted by Gasteiger charge is -2.42. The molecule has 1 aliphatic heterocycles. The Balaban J connectivity index is 1.74. The summed E-state index contributed by atoms with van der Waals surface area (Å²) < 4.78 is 5.46. The normalized spacial score (nSPS) is 22.0. The third-order valence-electron chi connectivity index (χ3n) is 5.36. The average Bonchev–Trinajstić information content (AvgIpc) is 2.75. The number of hydrogen-bond acceptors (Lipinski definition) is 5. The number of rotatable bonds is 4. The van der Waals surface area contributed by atoms with Gasteiger partial charge in [-0.25, -0.2) is 4.98 Å². The van der Waals surface area contributed by atoms with E-state index in [0.29, 0.717) is 30.8 Å². The summed E-state index contributed by atoms with van der Waals surface area (Å²) >= 11 is 0. The van der Waals surface area contributed by atoms with E-state index in [1.807, 2.05) is 54.6 Å². The maximum atomic E-state index is 13.2. The smallest absolute Gasteiger partial charge is 0.270 e. The van der Waals surface area contributed by atoms with Gasteiger partial charge < -0.3 is 20.5 Å². The van der Waals surface area contributed by atoms with Crippen LogP contribution in [0.15, 0.2) is 60.7 Å². The Morgan fingerprint density at radius 2 is 1.96 bits per heavy atom. The molecule has 0 radical (unpaired) electrons. The Bertz CT molecular complexity index is 993. The van der Waals surface area contributed by atoms with Crippen LogP contribution < -0.4 is 15.4 Å². The zero-order chi connectivity index (χ0) is 19.6. The second kappa shape index (κ2) is 7.58. The van der Waals surface area contributed by atoms with Crippen molar-refractivity contribution in [2.45, 2.75) is 18.1 Å². The monoisotopic (exact) mass is 377 g/mol. The van der Waals surface area contributed by atoms with E-state index >= 15 is 0 Å². The largest absolute Gasteiger partial charge is 0.496 e. The van der Waals surface area contributed by atoms with Crippen LogP contribution in [0.5, 0.6) is 5.75 Å². The fourth-order valence-corrected chi connectivity index (χ4v) is 3.85. The topological polar surface area (TPSA) is 83.5 Å². The fourth-order valence-electron chi connectivity index (χ4n) is 3.85. The van der Waals surface area contributed by atoms with Crippen molar-refractivity contribution in [3.8, 4) is 5.75 Å². The number of aliphatic hydroxyl groups excluding tert-OH is 1. The maximum absolute atomic E-state index is 13.2. The number of piperidine rings is 1. The van der Waals surface area contributed by atoms with E-state index < -0.39 is 11.6 Å². The minimum absolute atomic E-state index is 0.261. The first kappa shape index (κ1) is 18.4. The number of ether oxygens (including phenoxy) is 1. The summed E-state index contributed by atoms with van der Waals surface area (Å²) in [5.41, 5.74) is 0.956. The van der Waals surface area contributed by atoms with Gasteiger partial charge in [0.25, 0.3) is 5.91 Å². The van der Waals surface area contributed by atoms with Gasteiger partial charge in [-0.1, -0.05) is 42.5 Å². The van der Waals surface area contributed by atoms with Crippen molar-refractivity contribution in [2.75, 3.05) is 20.2 Å². The standard InChI is InChI=1S/C22H23N3O3/c1-28-19-13-18(24-17-10-6-5-9-16(17)19)21(27)25-22(11-12-23-14-20(22)26)15-7-3-2-4-8-15/h2-10,13,20,23,26H,11-12,14H2,1H3,(H,25,27)/t20-,22+/m1/s1. The molecule has 0 unspecified atom stereocenters. The first-order chi connectivity index (χ1) is 13.6. The Morgan fingerprint density at radius 1 is 1.21 bits per heavy atom. The van der Waals surface area contributed by atoms with Gasteiger partial charge in [-0.3, -0.25) is 4.79 Å². The number of methoxy groups -OCH3 is 1. The summed E-state index contributed by atoms with van der Waals surface area (Å²) in [7, 11) is 1.57. The van der Waals surface area contributed by atoms with Gasteiger partial charge in [0.05, 0.1) is 24.3 Å². The van der Waals surface area contributed by atoms with Crippen molar-refractivity contribution in [3.05, 3.63) is 71.9 Å². The predicted molar refractivity (Wildman–Crippen MR) is 107 cm³/mol. The van der Waals surface area contributed by atoms with Crippen molar-refractivity contribution in [1.82, 2.24) is 15.6 Å². The zero-order valence-electron chi connectivity index (χ0n) is 15.7. The predicted octanol–water partition coefficient (Wildman–Crippen LogP) is 2.22. The molecule has 0 aliphatic carbocycles. The van der Waals surface area contributed by atoms with Gasteiger partial charge in [0.2, 0.25) is 0 Å². The van der Waals surface area contributed by atoms with Crippen LogP contribution in [0, 0.1) is 0 Å². The van der Waals surface area contributed by atoms with Crippen LogP contribution in [0.3, 0.4) is 0 Å². The molecule has 28 heavy (non-hydrogen) atoms. The number of benzene rings is 2. The highest BCUT2D eigenvalue weighted by molar-refractivity contribution is 5.97. The maximum Gasteiger partial charge on any atom is 0.270 e. The number of amides is 1. The number of fused-ring (bicyclic) bond motifs is 1. The second-order valence-electron chi connectivity index (χ2n) is 6.99. The van der Waals surface area contributed by atoms with E-state index in [9.17, 15) is 9.90 Å². The molecule has 2 atom stereocenters. The molecule has 1 aromatic heterocycles. The zero-order valence-corrected chi connectivity index (χ0v) is 15.7. The average molecular weight is 377 g/mol. The van der Waals surface area contributed by atoms with E-state index in [1.54, 1.807) is 13.2 Å². The molecule has 1 fully saturated rings. The number of carbonyl (C=O) groups excluding carboxylic acids is 1. The van der Waals surface area contributed by atoms with Gasteiger partial charge in [-0.15, -0.1) is 0 Å². The summed E-state index contributed by atoms with van der Waals surface area (Å²) in [6, 6.07) is 18.8. The number of nitrogens with one attached hydrogen (secondary N) is 2. The molecule has 2 heterocycles. The molecule has 0 bridgehead atoms. The van der Waals surface area contributed by atoms with E-state index in [-0.39, 0.29) is 11.6 Å². The van der Waals surface area contributed by atoms with Gasteiger partial charge in [0.1, 0.15) is 11.4 Å². The summed E-state index contributed by atoms with van der Waals surface area (Å²) in [6.45, 7) is 1.10. The van der Waals surface area contributed by atoms with Crippen molar-refractivity contribution in [1.29, 1.82) is 0 Å². The van der Waals surface area contributed by atoms with E-state index in [4.69, 9.17) is 4.74 Å². The Morgan fingerprint density at radius 3 is 2.71 bits per heavy atom. The molecule has 1 saturated heterocycles. The molecule has 0 spiro atoms. The number of β-amino-alcohol motifs (C(OH)–C–C–N with tert-alkyl or cyclic N) is 1. The molecule has 4 rings (SSSR count). The Hall–Kier alpha value is -2.96. The molecule has 3 N–H and O–H groups in total. The fraction of sp³-hybridized carbons (Fsp3) is 0.273. The second-order valence-corrected chi connectivity index (χ2v) is 6.99. The molecule has 3 aromatic rings. The number of pyridine rings is 1. The van der Waals surface area contributed by atoms with Crippen molar-refractivity contribution >= 4 is 16.8 Å². The summed E-state index contributed by atoms with van der Waals surface area (Å²) in [5.74, 6) is 0.254. The number of aromatic nitrogens is 1. The number of carbonyl (C=O) groups is 1. The first-order valence-electron chi connectivity index (χ1n) is 9.34. The van der Waals surface area contributed by atoms with Gasteiger partial charge in [0, 0.05) is 18.0 Å². The molecular formula is C22H23N3O3. The molecule has 144 valence electrons. The molecular weight excluding hydrogens is 354 g/mol. The third-order valence-corrected chi connectivity index (χ3v) is 5.36. The van der Waals surface area contributed by atoms with Crippen LogP contribution in [0.1, 0.15) is 22.5 Å². The van der Waals surface area contributed by atoms with E-state index in [1.165, 1.54) is 0 Å². The van der Waals surface area contributed by atoms with E-state index in [0.717, 1.165) is 10.9 Å². The lowest BCUT2D eigenvalue weighted by atomic mass is 9.79. The first-order valence-corrected chi connectivity index (χ1v) is 9.34. The van der Waals surface area contributed by atoms with Crippen LogP contribution in [-0.4, -0.2) is 42.3 Å². The Kier molecular flexibility index (Phi) is 4.98. The van der Waals surface area contributed by atoms with Crippen molar-refractivity contribution in [2.24, 2.45) is 0 Å². The van der Waals surface area contributed by atoms with Crippen molar-refractivity contribution in [3.63, 3.8) is 0 Å². The highest BCUT2D eigenvalue weighted by Gasteiger charge is 2.43. The van der Waals surface area contributed by atoms with Gasteiger partial charge in [-0.05, 0) is 30.7 Å². The van der Waals surface area contributed by atoms with Crippen LogP contribution >= 0.6 is 0 Å². The number of para-hydroxylation sites is 1. The van der Waals surface area contributed by atoms with Crippen molar-refractivity contribution < 1.29 is 14.6 Å². The van der Waals surface area contributed by atoms with E-state index in [2.05, 4.69) is 15.6 Å². The van der Waals surface area contributed by atoms with Crippen LogP contribution in [-0.2, 0) is 5.54 Å². The molecule has 2 aromatic carbocycles. The van der Waals surface area contributed by atoms with Crippen LogP contribution in [0.25, 0.3) is 10.9 Å². The molecule has 0 saturated carbocycles. The van der Waals surface area contributed by atoms with Gasteiger partial charge in [-0.2, -0.15) is 0 Å². The molecule has 1 amide bonds.